The Morgan fingerprint density at radius 1 is 1.05 bits per heavy atom. The maximum atomic E-state index is 12.3. The molecule has 0 bridgehead atoms. The van der Waals surface area contributed by atoms with Crippen LogP contribution in [0.5, 0.6) is 0 Å². The lowest BCUT2D eigenvalue weighted by molar-refractivity contribution is 0.102. The van der Waals surface area contributed by atoms with Crippen molar-refractivity contribution in [2.45, 2.75) is 13.3 Å². The first-order valence-electron chi connectivity index (χ1n) is 7.02. The Labute approximate surface area is 123 Å². The van der Waals surface area contributed by atoms with Crippen LogP contribution < -0.4 is 5.32 Å². The highest BCUT2D eigenvalue weighted by molar-refractivity contribution is 6.08. The summed E-state index contributed by atoms with van der Waals surface area (Å²) >= 11 is 0. The highest BCUT2D eigenvalue weighted by Gasteiger charge is 2.09. The van der Waals surface area contributed by atoms with Gasteiger partial charge < -0.3 is 5.32 Å². The smallest absolute Gasteiger partial charge is 0.255 e. The molecule has 2 aromatic carbocycles. The number of benzene rings is 2. The van der Waals surface area contributed by atoms with E-state index < -0.39 is 0 Å². The summed E-state index contributed by atoms with van der Waals surface area (Å²) in [5, 5.41) is 4.04. The molecule has 21 heavy (non-hydrogen) atoms. The van der Waals surface area contributed by atoms with E-state index in [-0.39, 0.29) is 5.91 Å². The lowest BCUT2D eigenvalue weighted by Gasteiger charge is -2.10. The number of anilines is 1. The van der Waals surface area contributed by atoms with Crippen LogP contribution >= 0.6 is 0 Å². The van der Waals surface area contributed by atoms with Crippen molar-refractivity contribution in [1.29, 1.82) is 0 Å². The third kappa shape index (κ3) is 2.63. The fourth-order valence-electron chi connectivity index (χ4n) is 2.43. The van der Waals surface area contributed by atoms with Crippen molar-refractivity contribution >= 4 is 22.5 Å². The minimum absolute atomic E-state index is 0.119. The number of fused-ring (bicyclic) bond motifs is 1. The van der Waals surface area contributed by atoms with Crippen molar-refractivity contribution < 1.29 is 4.79 Å². The molecule has 3 nitrogen and oxygen atoms in total. The van der Waals surface area contributed by atoms with Gasteiger partial charge in [-0.05, 0) is 36.2 Å². The number of para-hydroxylation sites is 1. The van der Waals surface area contributed by atoms with Crippen LogP contribution in [-0.2, 0) is 6.42 Å². The summed E-state index contributed by atoms with van der Waals surface area (Å²) in [6.07, 6.45) is 2.73. The topological polar surface area (TPSA) is 42.0 Å². The van der Waals surface area contributed by atoms with E-state index in [2.05, 4.69) is 17.2 Å². The second kappa shape index (κ2) is 5.75. The van der Waals surface area contributed by atoms with Gasteiger partial charge in [-0.1, -0.05) is 37.3 Å². The van der Waals surface area contributed by atoms with E-state index in [1.165, 1.54) is 5.56 Å². The van der Waals surface area contributed by atoms with Crippen molar-refractivity contribution in [3.63, 3.8) is 0 Å². The van der Waals surface area contributed by atoms with Gasteiger partial charge in [0.05, 0.1) is 11.2 Å². The van der Waals surface area contributed by atoms with Crippen LogP contribution in [0.25, 0.3) is 10.9 Å². The predicted octanol–water partition coefficient (Wildman–Crippen LogP) is 4.05. The second-order valence-corrected chi connectivity index (χ2v) is 4.85. The van der Waals surface area contributed by atoms with Crippen molar-refractivity contribution in [2.24, 2.45) is 0 Å². The lowest BCUT2D eigenvalue weighted by Crippen LogP contribution is -2.12. The number of hydrogen-bond donors (Lipinski definition) is 1. The maximum Gasteiger partial charge on any atom is 0.255 e. The molecule has 0 fully saturated rings. The number of hydrogen-bond acceptors (Lipinski definition) is 2. The number of nitrogens with zero attached hydrogens (tertiary/aromatic N) is 1. The first-order chi connectivity index (χ1) is 10.3. The van der Waals surface area contributed by atoms with Crippen LogP contribution in [0.1, 0.15) is 22.8 Å². The van der Waals surface area contributed by atoms with Crippen LogP contribution in [0.4, 0.5) is 5.69 Å². The summed E-state index contributed by atoms with van der Waals surface area (Å²) in [6.45, 7) is 2.12. The van der Waals surface area contributed by atoms with Crippen molar-refractivity contribution in [3.05, 3.63) is 71.9 Å². The fraction of sp³-hybridized carbons (Fsp3) is 0.111. The van der Waals surface area contributed by atoms with Crippen LogP contribution in [0.3, 0.4) is 0 Å². The molecule has 1 N–H and O–H groups in total. The molecule has 3 rings (SSSR count). The molecular weight excluding hydrogens is 260 g/mol. The van der Waals surface area contributed by atoms with Gasteiger partial charge in [-0.2, -0.15) is 0 Å². The number of amides is 1. The van der Waals surface area contributed by atoms with E-state index in [4.69, 9.17) is 0 Å². The molecule has 0 spiro atoms. The minimum atomic E-state index is -0.119. The number of carbonyl (C=O) groups is 1. The summed E-state index contributed by atoms with van der Waals surface area (Å²) in [6, 6.07) is 17.1. The number of carbonyl (C=O) groups excluding carboxylic acids is 1. The zero-order valence-electron chi connectivity index (χ0n) is 11.8. The molecule has 104 valence electrons. The van der Waals surface area contributed by atoms with Crippen molar-refractivity contribution in [1.82, 2.24) is 4.98 Å². The zero-order chi connectivity index (χ0) is 14.7. The second-order valence-electron chi connectivity index (χ2n) is 4.85. The number of aryl methyl sites for hydroxylation is 1. The Kier molecular flexibility index (Phi) is 3.65. The normalized spacial score (nSPS) is 10.5. The number of nitrogens with one attached hydrogen (secondary N) is 1. The van der Waals surface area contributed by atoms with E-state index in [9.17, 15) is 4.79 Å². The van der Waals surface area contributed by atoms with Gasteiger partial charge in [0.25, 0.3) is 5.91 Å². The molecule has 0 unspecified atom stereocenters. The Morgan fingerprint density at radius 2 is 1.86 bits per heavy atom. The first kappa shape index (κ1) is 13.3. The summed E-state index contributed by atoms with van der Waals surface area (Å²) in [4.78, 5) is 16.7. The standard InChI is InChI=1S/C18H16N2O/c1-2-13-11-12-19-17-15(13)9-6-10-16(17)20-18(21)14-7-4-3-5-8-14/h3-12H,2H2,1H3,(H,20,21). The molecule has 1 amide bonds. The number of rotatable bonds is 3. The molecule has 3 aromatic rings. The highest BCUT2D eigenvalue weighted by atomic mass is 16.1. The van der Waals surface area contributed by atoms with Crippen molar-refractivity contribution in [2.75, 3.05) is 5.32 Å². The van der Waals surface area contributed by atoms with Gasteiger partial charge in [-0.25, -0.2) is 0 Å². The van der Waals surface area contributed by atoms with Gasteiger partial charge in [0, 0.05) is 17.1 Å². The van der Waals surface area contributed by atoms with E-state index in [1.54, 1.807) is 18.3 Å². The Morgan fingerprint density at radius 3 is 2.62 bits per heavy atom. The summed E-state index contributed by atoms with van der Waals surface area (Å²) < 4.78 is 0. The minimum Gasteiger partial charge on any atom is -0.320 e. The fourth-order valence-corrected chi connectivity index (χ4v) is 2.43. The molecule has 1 aromatic heterocycles. The lowest BCUT2D eigenvalue weighted by atomic mass is 10.1. The van der Waals surface area contributed by atoms with Gasteiger partial charge in [0.15, 0.2) is 0 Å². The molecule has 0 aliphatic heterocycles. The van der Waals surface area contributed by atoms with E-state index in [0.29, 0.717) is 5.56 Å². The van der Waals surface area contributed by atoms with E-state index in [0.717, 1.165) is 23.0 Å². The first-order valence-corrected chi connectivity index (χ1v) is 7.02. The molecule has 0 atom stereocenters. The van der Waals surface area contributed by atoms with Crippen LogP contribution in [0, 0.1) is 0 Å². The van der Waals surface area contributed by atoms with Gasteiger partial charge in [0.1, 0.15) is 0 Å². The average Bonchev–Trinajstić information content (AvgIpc) is 2.55. The molecule has 0 saturated heterocycles. The van der Waals surface area contributed by atoms with Gasteiger partial charge in [-0.15, -0.1) is 0 Å². The van der Waals surface area contributed by atoms with E-state index >= 15 is 0 Å². The van der Waals surface area contributed by atoms with E-state index in [1.807, 2.05) is 42.5 Å². The monoisotopic (exact) mass is 276 g/mol. The van der Waals surface area contributed by atoms with Crippen LogP contribution in [-0.4, -0.2) is 10.9 Å². The molecule has 1 heterocycles. The predicted molar refractivity (Wildman–Crippen MR) is 85.5 cm³/mol. The highest BCUT2D eigenvalue weighted by Crippen LogP contribution is 2.24. The Hall–Kier alpha value is -2.68. The zero-order valence-corrected chi connectivity index (χ0v) is 11.8. The quantitative estimate of drug-likeness (QED) is 0.784. The molecule has 0 aliphatic rings. The maximum absolute atomic E-state index is 12.3. The Bertz CT molecular complexity index is 782. The summed E-state index contributed by atoms with van der Waals surface area (Å²) in [5.74, 6) is -0.119. The average molecular weight is 276 g/mol. The van der Waals surface area contributed by atoms with Gasteiger partial charge in [0.2, 0.25) is 0 Å². The van der Waals surface area contributed by atoms with Gasteiger partial charge in [-0.3, -0.25) is 9.78 Å². The molecule has 0 radical (unpaired) electrons. The largest absolute Gasteiger partial charge is 0.320 e. The number of pyridine rings is 1. The number of aromatic nitrogens is 1. The third-order valence-corrected chi connectivity index (χ3v) is 3.53. The summed E-state index contributed by atoms with van der Waals surface area (Å²) in [5.41, 5.74) is 3.45. The SMILES string of the molecule is CCc1ccnc2c(NC(=O)c3ccccc3)cccc12. The van der Waals surface area contributed by atoms with Gasteiger partial charge >= 0.3 is 0 Å². The Balaban J connectivity index is 2.00. The molecule has 3 heteroatoms. The van der Waals surface area contributed by atoms with Crippen LogP contribution in [0.15, 0.2) is 60.8 Å². The van der Waals surface area contributed by atoms with Crippen LogP contribution in [0.2, 0.25) is 0 Å². The third-order valence-electron chi connectivity index (χ3n) is 3.53. The molecule has 0 saturated carbocycles. The molecule has 0 aliphatic carbocycles. The van der Waals surface area contributed by atoms with Crippen molar-refractivity contribution in [3.8, 4) is 0 Å². The molecular formula is C18H16N2O. The summed E-state index contributed by atoms with van der Waals surface area (Å²) in [7, 11) is 0.